The topological polar surface area (TPSA) is 65.7 Å². The fourth-order valence-electron chi connectivity index (χ4n) is 1.80. The molecule has 0 aliphatic rings. The third-order valence-corrected chi connectivity index (χ3v) is 4.50. The second kappa shape index (κ2) is 6.94. The standard InChI is InChI=1S/2C7H5NOS.Zn/c2*9-7-5-3-1-2-4-6(5)10-8-7;/h2*1-4H,(H,8,9);. The van der Waals surface area contributed by atoms with Crippen molar-refractivity contribution < 1.29 is 19.5 Å². The Hall–Kier alpha value is -1.56. The molecule has 0 unspecified atom stereocenters. The van der Waals surface area contributed by atoms with Gasteiger partial charge in [0.1, 0.15) is 0 Å². The van der Waals surface area contributed by atoms with Gasteiger partial charge in [0.15, 0.2) is 0 Å². The van der Waals surface area contributed by atoms with Crippen LogP contribution in [-0.4, -0.2) is 8.75 Å². The van der Waals surface area contributed by atoms with Crippen LogP contribution in [0.1, 0.15) is 0 Å². The van der Waals surface area contributed by atoms with Crippen LogP contribution in [0.4, 0.5) is 0 Å². The van der Waals surface area contributed by atoms with Crippen molar-refractivity contribution in [2.45, 2.75) is 0 Å². The fraction of sp³-hybridized carbons (Fsp3) is 0. The van der Waals surface area contributed by atoms with Crippen LogP contribution in [0, 0.1) is 0 Å². The summed E-state index contributed by atoms with van der Waals surface area (Å²) in [5.41, 5.74) is 0.0289. The average molecular weight is 368 g/mol. The van der Waals surface area contributed by atoms with E-state index in [0.717, 1.165) is 20.2 Å². The Morgan fingerprint density at radius 2 is 1.05 bits per heavy atom. The van der Waals surface area contributed by atoms with Gasteiger partial charge < -0.3 is 0 Å². The summed E-state index contributed by atoms with van der Waals surface area (Å²) in [5, 5.41) is 1.57. The van der Waals surface area contributed by atoms with Crippen molar-refractivity contribution in [2.75, 3.05) is 0 Å². The average Bonchev–Trinajstić information content (AvgIpc) is 3.05. The van der Waals surface area contributed by atoms with Crippen LogP contribution in [0.3, 0.4) is 0 Å². The van der Waals surface area contributed by atoms with Gasteiger partial charge in [0.2, 0.25) is 0 Å². The predicted octanol–water partition coefficient (Wildman–Crippen LogP) is 3.18. The first-order valence-electron chi connectivity index (χ1n) is 5.88. The monoisotopic (exact) mass is 366 g/mol. The van der Waals surface area contributed by atoms with Gasteiger partial charge in [-0.2, -0.15) is 0 Å². The molecule has 0 saturated carbocycles. The third-order valence-electron chi connectivity index (χ3n) is 2.77. The van der Waals surface area contributed by atoms with Crippen LogP contribution in [0.5, 0.6) is 0 Å². The molecular formula is C14H10N2O2S2Zn. The van der Waals surface area contributed by atoms with E-state index in [1.807, 2.05) is 48.5 Å². The van der Waals surface area contributed by atoms with Crippen LogP contribution >= 0.6 is 23.1 Å². The maximum atomic E-state index is 10.9. The van der Waals surface area contributed by atoms with Gasteiger partial charge in [-0.3, -0.25) is 18.3 Å². The number of nitrogens with one attached hydrogen (secondary N) is 2. The molecule has 0 atom stereocenters. The zero-order valence-electron chi connectivity index (χ0n) is 11.0. The molecule has 2 N–H and O–H groups in total. The number of hydrogen-bond acceptors (Lipinski definition) is 4. The molecule has 4 nitrogen and oxygen atoms in total. The van der Waals surface area contributed by atoms with E-state index in [-0.39, 0.29) is 30.6 Å². The molecule has 0 radical (unpaired) electrons. The second-order valence-corrected chi connectivity index (χ2v) is 5.75. The number of rotatable bonds is 0. The molecule has 4 aromatic rings. The predicted molar refractivity (Wildman–Crippen MR) is 84.9 cm³/mol. The van der Waals surface area contributed by atoms with Crippen molar-refractivity contribution >= 4 is 43.2 Å². The van der Waals surface area contributed by atoms with E-state index >= 15 is 0 Å². The Labute approximate surface area is 140 Å². The summed E-state index contributed by atoms with van der Waals surface area (Å²) < 4.78 is 7.37. The van der Waals surface area contributed by atoms with Gasteiger partial charge in [-0.1, -0.05) is 47.3 Å². The first-order chi connectivity index (χ1) is 9.75. The molecule has 2 aromatic carbocycles. The number of benzene rings is 2. The van der Waals surface area contributed by atoms with Gasteiger partial charge >= 0.3 is 0 Å². The molecule has 0 spiro atoms. The van der Waals surface area contributed by atoms with Crippen LogP contribution < -0.4 is 11.1 Å². The SMILES string of the molecule is O=c1[nH]sc2ccccc12.O=c1[nH]sc2ccccc12.[Zn]. The molecule has 0 aliphatic heterocycles. The van der Waals surface area contributed by atoms with E-state index in [1.54, 1.807) is 0 Å². The van der Waals surface area contributed by atoms with E-state index in [0.29, 0.717) is 0 Å². The molecule has 2 aromatic heterocycles. The van der Waals surface area contributed by atoms with E-state index in [1.165, 1.54) is 23.1 Å². The van der Waals surface area contributed by atoms with Gasteiger partial charge in [-0.25, -0.2) is 0 Å². The van der Waals surface area contributed by atoms with Gasteiger partial charge in [-0.05, 0) is 24.3 Å². The first kappa shape index (κ1) is 15.8. The minimum absolute atomic E-state index is 0. The Bertz CT molecular complexity index is 888. The Balaban J connectivity index is 0.000000147. The molecule has 0 amide bonds. The normalized spacial score (nSPS) is 9.90. The van der Waals surface area contributed by atoms with Crippen LogP contribution in [0.2, 0.25) is 0 Å². The summed E-state index contributed by atoms with van der Waals surface area (Å²) >= 11 is 2.75. The summed E-state index contributed by atoms with van der Waals surface area (Å²) in [5.74, 6) is 0. The molecule has 4 rings (SSSR count). The number of fused-ring (bicyclic) bond motifs is 2. The van der Waals surface area contributed by atoms with Crippen LogP contribution in [0.25, 0.3) is 20.2 Å². The smallest absolute Gasteiger partial charge is 0.265 e. The molecule has 102 valence electrons. The maximum Gasteiger partial charge on any atom is 0.265 e. The van der Waals surface area contributed by atoms with Crippen molar-refractivity contribution in [1.29, 1.82) is 0 Å². The molecule has 2 heterocycles. The minimum atomic E-state index is 0. The molecular weight excluding hydrogens is 358 g/mol. The quantitative estimate of drug-likeness (QED) is 0.469. The van der Waals surface area contributed by atoms with Crippen molar-refractivity contribution in [1.82, 2.24) is 8.75 Å². The summed E-state index contributed by atoms with van der Waals surface area (Å²) in [6.45, 7) is 0. The third kappa shape index (κ3) is 3.37. The summed E-state index contributed by atoms with van der Waals surface area (Å²) in [7, 11) is 0. The number of aromatic nitrogens is 2. The molecule has 0 bridgehead atoms. The van der Waals surface area contributed by atoms with E-state index in [4.69, 9.17) is 0 Å². The van der Waals surface area contributed by atoms with E-state index < -0.39 is 0 Å². The Morgan fingerprint density at radius 3 is 1.43 bits per heavy atom. The van der Waals surface area contributed by atoms with Crippen LogP contribution in [-0.2, 0) is 19.5 Å². The molecule has 0 saturated heterocycles. The van der Waals surface area contributed by atoms with Crippen molar-refractivity contribution in [3.63, 3.8) is 0 Å². The van der Waals surface area contributed by atoms with Crippen molar-refractivity contribution in [2.24, 2.45) is 0 Å². The van der Waals surface area contributed by atoms with Crippen molar-refractivity contribution in [3.8, 4) is 0 Å². The zero-order valence-corrected chi connectivity index (χ0v) is 15.6. The number of H-pyrrole nitrogens is 2. The van der Waals surface area contributed by atoms with Crippen LogP contribution in [0.15, 0.2) is 58.1 Å². The summed E-state index contributed by atoms with van der Waals surface area (Å²) in [6.07, 6.45) is 0. The molecule has 21 heavy (non-hydrogen) atoms. The molecule has 0 fully saturated rings. The van der Waals surface area contributed by atoms with Gasteiger partial charge in [0.25, 0.3) is 11.1 Å². The van der Waals surface area contributed by atoms with Crippen molar-refractivity contribution in [3.05, 3.63) is 69.2 Å². The largest absolute Gasteiger partial charge is 0.277 e. The Morgan fingerprint density at radius 1 is 0.667 bits per heavy atom. The zero-order chi connectivity index (χ0) is 13.9. The number of aromatic amines is 2. The maximum absolute atomic E-state index is 10.9. The first-order valence-corrected chi connectivity index (χ1v) is 7.51. The van der Waals surface area contributed by atoms with E-state index in [2.05, 4.69) is 8.75 Å². The second-order valence-electron chi connectivity index (χ2n) is 4.06. The van der Waals surface area contributed by atoms with Gasteiger partial charge in [0.05, 0.1) is 20.2 Å². The minimum Gasteiger partial charge on any atom is -0.277 e. The Kier molecular flexibility index (Phi) is 5.23. The summed E-state index contributed by atoms with van der Waals surface area (Å²) in [4.78, 5) is 21.9. The number of hydrogen-bond donors (Lipinski definition) is 2. The summed E-state index contributed by atoms with van der Waals surface area (Å²) in [6, 6.07) is 15.1. The molecule has 0 aliphatic carbocycles. The molecule has 7 heteroatoms. The van der Waals surface area contributed by atoms with Gasteiger partial charge in [0, 0.05) is 19.5 Å². The van der Waals surface area contributed by atoms with Gasteiger partial charge in [-0.15, -0.1) is 0 Å². The fourth-order valence-corrected chi connectivity index (χ4v) is 3.26. The van der Waals surface area contributed by atoms with E-state index in [9.17, 15) is 9.59 Å².